The summed E-state index contributed by atoms with van der Waals surface area (Å²) in [6.07, 6.45) is 0.765. The summed E-state index contributed by atoms with van der Waals surface area (Å²) in [7, 11) is -2.33. The predicted octanol–water partition coefficient (Wildman–Crippen LogP) is 0.126. The summed E-state index contributed by atoms with van der Waals surface area (Å²) in [6, 6.07) is 0. The number of rotatable bonds is 7. The number of aliphatic hydroxyl groups excluding tert-OH is 1. The summed E-state index contributed by atoms with van der Waals surface area (Å²) in [5.74, 6) is 0. The topological polar surface area (TPSA) is 79.2 Å². The first-order valence-electron chi connectivity index (χ1n) is 3.38. The van der Waals surface area contributed by atoms with E-state index in [2.05, 4.69) is 11.1 Å². The first-order chi connectivity index (χ1) is 5.66. The number of hydrogen-bond donors (Lipinski definition) is 3. The highest BCUT2D eigenvalue weighted by Crippen LogP contribution is 2.24. The van der Waals surface area contributed by atoms with E-state index in [1.165, 1.54) is 6.08 Å². The van der Waals surface area contributed by atoms with Gasteiger partial charge < -0.3 is 24.2 Å². The molecule has 72 valence electrons. The van der Waals surface area contributed by atoms with Gasteiger partial charge in [-0.1, -0.05) is 6.08 Å². The molecular formula is C6H13O5P. The third-order valence-corrected chi connectivity index (χ3v) is 1.39. The van der Waals surface area contributed by atoms with Crippen molar-refractivity contribution in [2.24, 2.45) is 0 Å². The molecule has 0 radical (unpaired) electrons. The molecule has 0 amide bonds. The minimum absolute atomic E-state index is 0.0526. The minimum Gasteiger partial charge on any atom is -0.368 e. The van der Waals surface area contributed by atoms with Crippen molar-refractivity contribution in [3.63, 3.8) is 0 Å². The molecule has 0 heterocycles. The van der Waals surface area contributed by atoms with E-state index in [1.807, 2.05) is 0 Å². The van der Waals surface area contributed by atoms with Crippen molar-refractivity contribution in [2.45, 2.75) is 12.7 Å². The highest BCUT2D eigenvalue weighted by Gasteiger charge is 2.05. The van der Waals surface area contributed by atoms with Crippen LogP contribution in [0.4, 0.5) is 0 Å². The summed E-state index contributed by atoms with van der Waals surface area (Å²) in [5, 5.41) is 8.99. The first-order valence-corrected chi connectivity index (χ1v) is 4.54. The second-order valence-corrected chi connectivity index (χ2v) is 2.71. The fourth-order valence-electron chi connectivity index (χ4n) is 0.498. The Morgan fingerprint density at radius 1 is 1.50 bits per heavy atom. The summed E-state index contributed by atoms with van der Waals surface area (Å²) >= 11 is 0. The normalized spacial score (nSPS) is 13.3. The third-order valence-electron chi connectivity index (χ3n) is 0.978. The Hall–Kier alpha value is -0.0300. The summed E-state index contributed by atoms with van der Waals surface area (Å²) < 4.78 is 9.18. The Morgan fingerprint density at radius 3 is 2.67 bits per heavy atom. The van der Waals surface area contributed by atoms with Crippen LogP contribution in [-0.2, 0) is 9.26 Å². The summed E-state index contributed by atoms with van der Waals surface area (Å²) in [6.45, 7) is 3.71. The van der Waals surface area contributed by atoms with Gasteiger partial charge in [-0.25, -0.2) is 0 Å². The Bertz CT molecular complexity index is 119. The fraction of sp³-hybridized carbons (Fsp3) is 0.667. The van der Waals surface area contributed by atoms with Crippen molar-refractivity contribution in [3.05, 3.63) is 12.7 Å². The van der Waals surface area contributed by atoms with Crippen LogP contribution >= 0.6 is 8.60 Å². The number of hydrogen-bond acceptors (Lipinski definition) is 5. The molecule has 0 aromatic rings. The zero-order valence-electron chi connectivity index (χ0n) is 6.59. The lowest BCUT2D eigenvalue weighted by Crippen LogP contribution is -2.14. The van der Waals surface area contributed by atoms with Crippen molar-refractivity contribution in [3.8, 4) is 0 Å². The van der Waals surface area contributed by atoms with Crippen LogP contribution in [0.1, 0.15) is 6.42 Å². The molecule has 0 rings (SSSR count). The molecule has 3 N–H and O–H groups in total. The van der Waals surface area contributed by atoms with Crippen molar-refractivity contribution >= 4 is 8.60 Å². The van der Waals surface area contributed by atoms with Gasteiger partial charge in [0.1, 0.15) is 0 Å². The highest BCUT2D eigenvalue weighted by molar-refractivity contribution is 7.39. The van der Waals surface area contributed by atoms with Crippen LogP contribution in [0.25, 0.3) is 0 Å². The summed E-state index contributed by atoms with van der Waals surface area (Å²) in [4.78, 5) is 16.6. The molecule has 1 atom stereocenters. The van der Waals surface area contributed by atoms with Gasteiger partial charge in [0.15, 0.2) is 6.29 Å². The van der Waals surface area contributed by atoms with E-state index in [4.69, 9.17) is 19.6 Å². The van der Waals surface area contributed by atoms with Crippen LogP contribution in [-0.4, -0.2) is 34.4 Å². The summed E-state index contributed by atoms with van der Waals surface area (Å²) in [5.41, 5.74) is 0. The molecule has 0 saturated heterocycles. The molecule has 1 unspecified atom stereocenters. The van der Waals surface area contributed by atoms with Gasteiger partial charge in [-0.3, -0.25) is 0 Å². The SMILES string of the molecule is C=CCOC(O)CCOP(O)O. The Kier molecular flexibility index (Phi) is 7.59. The lowest BCUT2D eigenvalue weighted by atomic mass is 10.4. The molecule has 0 aromatic heterocycles. The molecule has 0 aliphatic rings. The maximum absolute atomic E-state index is 8.99. The monoisotopic (exact) mass is 196 g/mol. The molecule has 0 saturated carbocycles. The van der Waals surface area contributed by atoms with Gasteiger partial charge in [0.05, 0.1) is 13.2 Å². The quantitative estimate of drug-likeness (QED) is 0.306. The van der Waals surface area contributed by atoms with E-state index in [1.54, 1.807) is 0 Å². The van der Waals surface area contributed by atoms with Gasteiger partial charge >= 0.3 is 8.60 Å². The molecule has 5 nitrogen and oxygen atoms in total. The van der Waals surface area contributed by atoms with E-state index in [9.17, 15) is 0 Å². The average molecular weight is 196 g/mol. The molecular weight excluding hydrogens is 183 g/mol. The molecule has 0 aromatic carbocycles. The Labute approximate surface area is 72.2 Å². The van der Waals surface area contributed by atoms with Crippen LogP contribution in [0.15, 0.2) is 12.7 Å². The molecule has 0 spiro atoms. The smallest absolute Gasteiger partial charge is 0.327 e. The minimum atomic E-state index is -2.33. The zero-order valence-corrected chi connectivity index (χ0v) is 7.48. The van der Waals surface area contributed by atoms with Crippen molar-refractivity contribution in [1.82, 2.24) is 0 Å². The first kappa shape index (κ1) is 12.0. The average Bonchev–Trinajstić information content (AvgIpc) is 2.00. The van der Waals surface area contributed by atoms with Crippen molar-refractivity contribution in [2.75, 3.05) is 13.2 Å². The highest BCUT2D eigenvalue weighted by atomic mass is 31.2. The third kappa shape index (κ3) is 8.07. The van der Waals surface area contributed by atoms with Gasteiger partial charge in [-0.05, 0) is 0 Å². The molecule has 0 aliphatic carbocycles. The molecule has 0 bridgehead atoms. The van der Waals surface area contributed by atoms with E-state index < -0.39 is 14.9 Å². The van der Waals surface area contributed by atoms with Gasteiger partial charge in [-0.15, -0.1) is 6.58 Å². The van der Waals surface area contributed by atoms with Crippen LogP contribution in [0.3, 0.4) is 0 Å². The lowest BCUT2D eigenvalue weighted by molar-refractivity contribution is -0.0977. The number of ether oxygens (including phenoxy) is 1. The lowest BCUT2D eigenvalue weighted by Gasteiger charge is -2.10. The second-order valence-electron chi connectivity index (χ2n) is 1.95. The Balaban J connectivity index is 3.18. The van der Waals surface area contributed by atoms with Gasteiger partial charge in [0, 0.05) is 6.42 Å². The van der Waals surface area contributed by atoms with E-state index in [0.29, 0.717) is 0 Å². The van der Waals surface area contributed by atoms with Crippen LogP contribution in [0.5, 0.6) is 0 Å². The molecule has 6 heteroatoms. The van der Waals surface area contributed by atoms with Crippen LogP contribution < -0.4 is 0 Å². The van der Waals surface area contributed by atoms with Gasteiger partial charge in [0.25, 0.3) is 0 Å². The van der Waals surface area contributed by atoms with E-state index in [0.717, 1.165) is 0 Å². The largest absolute Gasteiger partial charge is 0.368 e. The van der Waals surface area contributed by atoms with E-state index in [-0.39, 0.29) is 19.6 Å². The van der Waals surface area contributed by atoms with Crippen LogP contribution in [0, 0.1) is 0 Å². The van der Waals surface area contributed by atoms with Crippen molar-refractivity contribution in [1.29, 1.82) is 0 Å². The van der Waals surface area contributed by atoms with E-state index >= 15 is 0 Å². The fourth-order valence-corrected chi connectivity index (χ4v) is 0.766. The molecule has 0 aliphatic heterocycles. The number of aliphatic hydroxyl groups is 1. The maximum Gasteiger partial charge on any atom is 0.327 e. The van der Waals surface area contributed by atoms with Gasteiger partial charge in [0.2, 0.25) is 0 Å². The predicted molar refractivity (Wildman–Crippen MR) is 44.1 cm³/mol. The maximum atomic E-state index is 8.99. The zero-order chi connectivity index (χ0) is 9.40. The molecule has 0 fully saturated rings. The van der Waals surface area contributed by atoms with Gasteiger partial charge in [-0.2, -0.15) is 0 Å². The standard InChI is InChI=1S/C6H13O5P/c1-2-4-10-6(7)3-5-11-12(8)9/h2,6-9H,1,3-5H2. The van der Waals surface area contributed by atoms with Crippen molar-refractivity contribution < 1.29 is 24.2 Å². The molecule has 12 heavy (non-hydrogen) atoms. The Morgan fingerprint density at radius 2 is 2.17 bits per heavy atom. The van der Waals surface area contributed by atoms with Crippen LogP contribution in [0.2, 0.25) is 0 Å². The second kappa shape index (κ2) is 7.61.